The number of nitrogens with one attached hydrogen (secondary N) is 1. The van der Waals surface area contributed by atoms with Crippen LogP contribution in [0.2, 0.25) is 0 Å². The van der Waals surface area contributed by atoms with Crippen molar-refractivity contribution in [1.29, 1.82) is 0 Å². The van der Waals surface area contributed by atoms with Gasteiger partial charge >= 0.3 is 0 Å². The Hall–Kier alpha value is -1.12. The summed E-state index contributed by atoms with van der Waals surface area (Å²) < 4.78 is 12.8. The van der Waals surface area contributed by atoms with E-state index < -0.39 is 5.95 Å². The fraction of sp³-hybridized carbons (Fsp3) is 0.583. The minimum absolute atomic E-state index is 0.402. The molecular weight excluding hydrogens is 191 g/mol. The molecule has 0 fully saturated rings. The first-order valence-electron chi connectivity index (χ1n) is 5.65. The van der Waals surface area contributed by atoms with Gasteiger partial charge in [0.05, 0.1) is 0 Å². The highest BCUT2D eigenvalue weighted by Crippen LogP contribution is 2.11. The second-order valence-corrected chi connectivity index (χ2v) is 3.74. The molecule has 0 saturated heterocycles. The maximum absolute atomic E-state index is 12.8. The number of anilines is 1. The van der Waals surface area contributed by atoms with Crippen LogP contribution < -0.4 is 5.32 Å². The lowest BCUT2D eigenvalue weighted by atomic mass is 10.1. The predicted octanol–water partition coefficient (Wildman–Crippen LogP) is 3.60. The Kier molecular flexibility index (Phi) is 5.08. The van der Waals surface area contributed by atoms with E-state index in [0.717, 1.165) is 12.8 Å². The van der Waals surface area contributed by atoms with E-state index in [0.29, 0.717) is 11.9 Å². The highest BCUT2D eigenvalue weighted by Gasteiger charge is 2.06. The zero-order valence-electron chi connectivity index (χ0n) is 9.46. The Morgan fingerprint density at radius 2 is 2.20 bits per heavy atom. The molecule has 1 rings (SSSR count). The Morgan fingerprint density at radius 3 is 2.80 bits per heavy atom. The summed E-state index contributed by atoms with van der Waals surface area (Å²) in [6.07, 6.45) is 4.54. The van der Waals surface area contributed by atoms with Crippen molar-refractivity contribution < 1.29 is 4.39 Å². The maximum Gasteiger partial charge on any atom is 0.214 e. The number of aromatic nitrogens is 1. The quantitative estimate of drug-likeness (QED) is 0.726. The molecule has 0 radical (unpaired) electrons. The Balaban J connectivity index is 2.50. The van der Waals surface area contributed by atoms with E-state index in [4.69, 9.17) is 0 Å². The van der Waals surface area contributed by atoms with Crippen molar-refractivity contribution in [3.05, 3.63) is 24.1 Å². The summed E-state index contributed by atoms with van der Waals surface area (Å²) in [6.45, 7) is 4.31. The van der Waals surface area contributed by atoms with E-state index in [-0.39, 0.29) is 0 Å². The fourth-order valence-corrected chi connectivity index (χ4v) is 1.53. The van der Waals surface area contributed by atoms with Gasteiger partial charge in [-0.2, -0.15) is 4.39 Å². The first-order valence-corrected chi connectivity index (χ1v) is 5.65. The molecule has 0 aromatic carbocycles. The van der Waals surface area contributed by atoms with Crippen molar-refractivity contribution in [3.63, 3.8) is 0 Å². The minimum Gasteiger partial charge on any atom is -0.367 e. The third-order valence-electron chi connectivity index (χ3n) is 2.47. The van der Waals surface area contributed by atoms with Crippen LogP contribution in [0.5, 0.6) is 0 Å². The molecule has 0 bridgehead atoms. The summed E-state index contributed by atoms with van der Waals surface area (Å²) >= 11 is 0. The molecule has 1 unspecified atom stereocenters. The molecule has 0 saturated carbocycles. The van der Waals surface area contributed by atoms with Crippen LogP contribution >= 0.6 is 0 Å². The number of hydrogen-bond acceptors (Lipinski definition) is 2. The molecule has 1 atom stereocenters. The van der Waals surface area contributed by atoms with E-state index in [1.54, 1.807) is 12.1 Å². The van der Waals surface area contributed by atoms with E-state index >= 15 is 0 Å². The van der Waals surface area contributed by atoms with E-state index in [2.05, 4.69) is 24.1 Å². The summed E-state index contributed by atoms with van der Waals surface area (Å²) in [6, 6.07) is 5.24. The van der Waals surface area contributed by atoms with E-state index in [1.165, 1.54) is 18.9 Å². The summed E-state index contributed by atoms with van der Waals surface area (Å²) in [5.74, 6) is 0.211. The van der Waals surface area contributed by atoms with Gasteiger partial charge < -0.3 is 5.32 Å². The number of rotatable bonds is 6. The topological polar surface area (TPSA) is 24.9 Å². The third-order valence-corrected chi connectivity index (χ3v) is 2.47. The van der Waals surface area contributed by atoms with Crippen LogP contribution in [-0.4, -0.2) is 11.0 Å². The molecule has 0 amide bonds. The number of nitrogens with zero attached hydrogens (tertiary/aromatic N) is 1. The summed E-state index contributed by atoms with van der Waals surface area (Å²) in [4.78, 5) is 3.79. The molecular formula is C12H19FN2. The van der Waals surface area contributed by atoms with Gasteiger partial charge in [0.1, 0.15) is 5.82 Å². The van der Waals surface area contributed by atoms with Crippen LogP contribution in [-0.2, 0) is 0 Å². The smallest absolute Gasteiger partial charge is 0.214 e. The lowest BCUT2D eigenvalue weighted by Crippen LogP contribution is -2.19. The van der Waals surface area contributed by atoms with Gasteiger partial charge in [0, 0.05) is 6.04 Å². The molecule has 3 heteroatoms. The summed E-state index contributed by atoms with van der Waals surface area (Å²) in [5, 5.41) is 3.25. The molecule has 2 nitrogen and oxygen atoms in total. The number of pyridine rings is 1. The average Bonchev–Trinajstić information content (AvgIpc) is 2.24. The molecule has 1 aromatic rings. The normalized spacial score (nSPS) is 12.5. The molecule has 1 heterocycles. The van der Waals surface area contributed by atoms with Crippen LogP contribution in [0, 0.1) is 5.95 Å². The van der Waals surface area contributed by atoms with Gasteiger partial charge in [-0.15, -0.1) is 0 Å². The van der Waals surface area contributed by atoms with Gasteiger partial charge in [-0.3, -0.25) is 0 Å². The van der Waals surface area contributed by atoms with Crippen LogP contribution in [0.15, 0.2) is 18.2 Å². The highest BCUT2D eigenvalue weighted by molar-refractivity contribution is 5.34. The third kappa shape index (κ3) is 4.28. The summed E-state index contributed by atoms with van der Waals surface area (Å²) in [7, 11) is 0. The van der Waals surface area contributed by atoms with E-state index in [9.17, 15) is 4.39 Å². The largest absolute Gasteiger partial charge is 0.367 e. The molecule has 0 aliphatic rings. The molecule has 15 heavy (non-hydrogen) atoms. The van der Waals surface area contributed by atoms with Crippen molar-refractivity contribution in [2.45, 2.75) is 45.6 Å². The number of unbranched alkanes of at least 4 members (excludes halogenated alkanes) is 1. The second-order valence-electron chi connectivity index (χ2n) is 3.74. The maximum atomic E-state index is 12.8. The number of halogens is 1. The van der Waals surface area contributed by atoms with Crippen molar-refractivity contribution in [2.75, 3.05) is 5.32 Å². The minimum atomic E-state index is -0.426. The highest BCUT2D eigenvalue weighted by atomic mass is 19.1. The first-order chi connectivity index (χ1) is 7.26. The standard InChI is InChI=1S/C12H19FN2/c1-3-5-7-10(4-2)14-12-9-6-8-11(13)15-12/h6,8-10H,3-5,7H2,1-2H3,(H,14,15). The molecule has 1 aromatic heterocycles. The Bertz CT molecular complexity index is 289. The van der Waals surface area contributed by atoms with Crippen molar-refractivity contribution in [3.8, 4) is 0 Å². The number of hydrogen-bond donors (Lipinski definition) is 1. The van der Waals surface area contributed by atoms with E-state index in [1.807, 2.05) is 0 Å². The van der Waals surface area contributed by atoms with Gasteiger partial charge in [-0.05, 0) is 25.0 Å². The zero-order chi connectivity index (χ0) is 11.1. The van der Waals surface area contributed by atoms with Crippen molar-refractivity contribution >= 4 is 5.82 Å². The monoisotopic (exact) mass is 210 g/mol. The van der Waals surface area contributed by atoms with Crippen LogP contribution in [0.3, 0.4) is 0 Å². The van der Waals surface area contributed by atoms with Gasteiger partial charge in [0.25, 0.3) is 0 Å². The van der Waals surface area contributed by atoms with Crippen molar-refractivity contribution in [2.24, 2.45) is 0 Å². The molecule has 1 N–H and O–H groups in total. The summed E-state index contributed by atoms with van der Waals surface area (Å²) in [5.41, 5.74) is 0. The molecule has 84 valence electrons. The fourth-order valence-electron chi connectivity index (χ4n) is 1.53. The lowest BCUT2D eigenvalue weighted by molar-refractivity contribution is 0.572. The second kappa shape index (κ2) is 6.38. The predicted molar refractivity (Wildman–Crippen MR) is 61.4 cm³/mol. The van der Waals surface area contributed by atoms with Crippen LogP contribution in [0.4, 0.5) is 10.2 Å². The van der Waals surface area contributed by atoms with Gasteiger partial charge in [-0.1, -0.05) is 32.8 Å². The van der Waals surface area contributed by atoms with Crippen LogP contribution in [0.25, 0.3) is 0 Å². The average molecular weight is 210 g/mol. The van der Waals surface area contributed by atoms with Gasteiger partial charge in [-0.25, -0.2) is 4.98 Å². The first kappa shape index (κ1) is 12.0. The Morgan fingerprint density at radius 1 is 1.40 bits per heavy atom. The van der Waals surface area contributed by atoms with Crippen LogP contribution in [0.1, 0.15) is 39.5 Å². The van der Waals surface area contributed by atoms with Gasteiger partial charge in [0.15, 0.2) is 0 Å². The molecule has 0 aliphatic heterocycles. The molecule has 0 spiro atoms. The van der Waals surface area contributed by atoms with Crippen molar-refractivity contribution in [1.82, 2.24) is 4.98 Å². The Labute approximate surface area is 90.9 Å². The zero-order valence-corrected chi connectivity index (χ0v) is 9.46. The SMILES string of the molecule is CCCCC(CC)Nc1cccc(F)n1. The van der Waals surface area contributed by atoms with Gasteiger partial charge in [0.2, 0.25) is 5.95 Å². The lowest BCUT2D eigenvalue weighted by Gasteiger charge is -2.16. The molecule has 0 aliphatic carbocycles.